The van der Waals surface area contributed by atoms with Gasteiger partial charge < -0.3 is 18.6 Å². The van der Waals surface area contributed by atoms with E-state index in [0.29, 0.717) is 30.5 Å². The van der Waals surface area contributed by atoms with Crippen molar-refractivity contribution >= 4 is 5.97 Å². The van der Waals surface area contributed by atoms with E-state index in [4.69, 9.17) is 18.6 Å². The predicted molar refractivity (Wildman–Crippen MR) is 109 cm³/mol. The van der Waals surface area contributed by atoms with Gasteiger partial charge in [-0.25, -0.2) is 4.98 Å². The van der Waals surface area contributed by atoms with Crippen molar-refractivity contribution in [2.45, 2.75) is 37.7 Å². The molecule has 1 fully saturated rings. The third-order valence-electron chi connectivity index (χ3n) is 5.87. The second-order valence-corrected chi connectivity index (χ2v) is 7.73. The van der Waals surface area contributed by atoms with Gasteiger partial charge >= 0.3 is 5.97 Å². The lowest BCUT2D eigenvalue weighted by molar-refractivity contribution is -0.152. The maximum absolute atomic E-state index is 13.2. The number of carbonyl (C=O) groups excluding carboxylic acids is 1. The molecule has 2 aromatic carbocycles. The Morgan fingerprint density at radius 1 is 1.00 bits per heavy atom. The van der Waals surface area contributed by atoms with Gasteiger partial charge in [0.05, 0.1) is 5.41 Å². The van der Waals surface area contributed by atoms with Crippen molar-refractivity contribution in [3.63, 3.8) is 0 Å². The molecule has 0 radical (unpaired) electrons. The van der Waals surface area contributed by atoms with Gasteiger partial charge in [-0.1, -0.05) is 37.1 Å². The maximum atomic E-state index is 13.2. The Morgan fingerprint density at radius 2 is 1.77 bits per heavy atom. The molecule has 154 valence electrons. The highest BCUT2D eigenvalue weighted by molar-refractivity contribution is 5.84. The Bertz CT molecular complexity index is 1040. The molecule has 3 aromatic rings. The second-order valence-electron chi connectivity index (χ2n) is 7.73. The van der Waals surface area contributed by atoms with Crippen molar-refractivity contribution in [3.8, 4) is 23.0 Å². The van der Waals surface area contributed by atoms with E-state index < -0.39 is 5.41 Å². The van der Waals surface area contributed by atoms with Gasteiger partial charge in [0.1, 0.15) is 31.8 Å². The number of oxazole rings is 1. The van der Waals surface area contributed by atoms with Crippen LogP contribution in [-0.4, -0.2) is 24.2 Å². The fourth-order valence-corrected chi connectivity index (χ4v) is 4.29. The first-order valence-electron chi connectivity index (χ1n) is 10.3. The molecule has 30 heavy (non-hydrogen) atoms. The van der Waals surface area contributed by atoms with E-state index in [-0.39, 0.29) is 12.6 Å². The molecular formula is C24H23NO5. The van der Waals surface area contributed by atoms with Crippen molar-refractivity contribution in [2.24, 2.45) is 0 Å². The third kappa shape index (κ3) is 3.43. The highest BCUT2D eigenvalue weighted by Crippen LogP contribution is 2.45. The summed E-state index contributed by atoms with van der Waals surface area (Å²) in [5, 5.41) is 0. The summed E-state index contributed by atoms with van der Waals surface area (Å²) >= 11 is 0. The van der Waals surface area contributed by atoms with E-state index in [2.05, 4.69) is 4.98 Å². The smallest absolute Gasteiger partial charge is 0.316 e. The summed E-state index contributed by atoms with van der Waals surface area (Å²) in [5.74, 6) is 1.72. The summed E-state index contributed by atoms with van der Waals surface area (Å²) in [6.45, 7) is 1.15. The van der Waals surface area contributed by atoms with Crippen LogP contribution in [0.4, 0.5) is 0 Å². The van der Waals surface area contributed by atoms with Crippen molar-refractivity contribution in [1.82, 2.24) is 4.98 Å². The highest BCUT2D eigenvalue weighted by Gasteiger charge is 2.44. The van der Waals surface area contributed by atoms with Gasteiger partial charge in [-0.05, 0) is 42.7 Å². The van der Waals surface area contributed by atoms with Gasteiger partial charge in [-0.3, -0.25) is 4.79 Å². The van der Waals surface area contributed by atoms with Crippen LogP contribution < -0.4 is 9.47 Å². The quantitative estimate of drug-likeness (QED) is 0.575. The van der Waals surface area contributed by atoms with Crippen molar-refractivity contribution < 1.29 is 23.4 Å². The molecule has 0 bridgehead atoms. The molecule has 0 unspecified atom stereocenters. The maximum Gasteiger partial charge on any atom is 0.316 e. The van der Waals surface area contributed by atoms with Crippen LogP contribution in [0, 0.1) is 0 Å². The van der Waals surface area contributed by atoms with Crippen LogP contribution in [0.3, 0.4) is 0 Å². The van der Waals surface area contributed by atoms with Crippen LogP contribution in [0.1, 0.15) is 36.9 Å². The van der Waals surface area contributed by atoms with E-state index in [9.17, 15) is 4.79 Å². The molecule has 1 aromatic heterocycles. The number of fused-ring (bicyclic) bond motifs is 1. The predicted octanol–water partition coefficient (Wildman–Crippen LogP) is 4.67. The van der Waals surface area contributed by atoms with E-state index in [0.717, 1.165) is 42.6 Å². The van der Waals surface area contributed by atoms with Gasteiger partial charge in [0.15, 0.2) is 11.5 Å². The normalized spacial score (nSPS) is 16.9. The van der Waals surface area contributed by atoms with Crippen LogP contribution in [0.2, 0.25) is 0 Å². The molecule has 6 nitrogen and oxygen atoms in total. The minimum Gasteiger partial charge on any atom is -0.486 e. The Hall–Kier alpha value is -3.28. The number of benzene rings is 2. The minimum atomic E-state index is -0.651. The van der Waals surface area contributed by atoms with Crippen LogP contribution >= 0.6 is 0 Å². The number of nitrogens with zero attached hydrogens (tertiary/aromatic N) is 1. The van der Waals surface area contributed by atoms with E-state index >= 15 is 0 Å². The highest BCUT2D eigenvalue weighted by atomic mass is 16.6. The van der Waals surface area contributed by atoms with E-state index in [1.807, 2.05) is 48.5 Å². The molecule has 2 aliphatic rings. The summed E-state index contributed by atoms with van der Waals surface area (Å²) in [7, 11) is 0. The summed E-state index contributed by atoms with van der Waals surface area (Å²) in [6.07, 6.45) is 5.05. The number of aromatic nitrogens is 1. The number of carbonyl (C=O) groups is 1. The van der Waals surface area contributed by atoms with E-state index in [1.165, 1.54) is 0 Å². The van der Waals surface area contributed by atoms with Gasteiger partial charge in [0, 0.05) is 5.56 Å². The molecule has 5 rings (SSSR count). The molecule has 0 N–H and O–H groups in total. The largest absolute Gasteiger partial charge is 0.486 e. The fourth-order valence-electron chi connectivity index (χ4n) is 4.29. The average molecular weight is 405 g/mol. The zero-order valence-electron chi connectivity index (χ0n) is 16.6. The second kappa shape index (κ2) is 7.86. The molecule has 1 saturated carbocycles. The first-order chi connectivity index (χ1) is 14.7. The standard InChI is InChI=1S/C24H23NO5/c26-23(30-16-19-15-29-22(25-19)17-6-2-1-3-7-17)24(10-4-5-11-24)18-8-9-20-21(14-18)28-13-12-27-20/h1-3,6-9,14-15H,4-5,10-13,16H2. The first-order valence-corrected chi connectivity index (χ1v) is 10.3. The third-order valence-corrected chi connectivity index (χ3v) is 5.87. The Morgan fingerprint density at radius 3 is 2.57 bits per heavy atom. The molecule has 6 heteroatoms. The van der Waals surface area contributed by atoms with Crippen LogP contribution in [0.25, 0.3) is 11.5 Å². The molecule has 2 heterocycles. The van der Waals surface area contributed by atoms with Crippen molar-refractivity contribution in [1.29, 1.82) is 0 Å². The average Bonchev–Trinajstić information content (AvgIpc) is 3.48. The summed E-state index contributed by atoms with van der Waals surface area (Å²) in [4.78, 5) is 17.7. The Labute approximate surface area is 174 Å². The van der Waals surface area contributed by atoms with Crippen molar-refractivity contribution in [2.75, 3.05) is 13.2 Å². The number of rotatable bonds is 5. The Balaban J connectivity index is 1.33. The monoisotopic (exact) mass is 405 g/mol. The van der Waals surface area contributed by atoms with Gasteiger partial charge in [-0.15, -0.1) is 0 Å². The molecule has 0 amide bonds. The number of hydrogen-bond acceptors (Lipinski definition) is 6. The van der Waals surface area contributed by atoms with Crippen LogP contribution in [-0.2, 0) is 21.6 Å². The number of ether oxygens (including phenoxy) is 3. The summed E-state index contributed by atoms with van der Waals surface area (Å²) < 4.78 is 22.6. The zero-order valence-corrected chi connectivity index (χ0v) is 16.6. The van der Waals surface area contributed by atoms with Crippen molar-refractivity contribution in [3.05, 3.63) is 66.1 Å². The van der Waals surface area contributed by atoms with Gasteiger partial charge in [-0.2, -0.15) is 0 Å². The fraction of sp³-hybridized carbons (Fsp3) is 0.333. The van der Waals surface area contributed by atoms with Crippen LogP contribution in [0.5, 0.6) is 11.5 Å². The number of hydrogen-bond donors (Lipinski definition) is 0. The SMILES string of the molecule is O=C(OCc1coc(-c2ccccc2)n1)C1(c2ccc3c(c2)OCCO3)CCCC1. The summed E-state index contributed by atoms with van der Waals surface area (Å²) in [6, 6.07) is 15.4. The lowest BCUT2D eigenvalue weighted by Gasteiger charge is -2.28. The first kappa shape index (κ1) is 18.7. The van der Waals surface area contributed by atoms with Gasteiger partial charge in [0.25, 0.3) is 0 Å². The Kier molecular flexibility index (Phi) is 4.91. The lowest BCUT2D eigenvalue weighted by Crippen LogP contribution is -2.35. The summed E-state index contributed by atoms with van der Waals surface area (Å²) in [5.41, 5.74) is 1.76. The molecule has 0 saturated heterocycles. The molecular weight excluding hydrogens is 382 g/mol. The topological polar surface area (TPSA) is 70.8 Å². The lowest BCUT2D eigenvalue weighted by atomic mass is 9.78. The minimum absolute atomic E-state index is 0.0848. The zero-order chi connectivity index (χ0) is 20.4. The molecule has 1 aliphatic heterocycles. The van der Waals surface area contributed by atoms with Crippen LogP contribution in [0.15, 0.2) is 59.2 Å². The van der Waals surface area contributed by atoms with E-state index in [1.54, 1.807) is 6.26 Å². The molecule has 0 spiro atoms. The molecule has 1 aliphatic carbocycles. The molecule has 0 atom stereocenters. The van der Waals surface area contributed by atoms with Gasteiger partial charge in [0.2, 0.25) is 5.89 Å². The number of esters is 1.